The van der Waals surface area contributed by atoms with Gasteiger partial charge in [-0.15, -0.1) is 0 Å². The minimum Gasteiger partial charge on any atom is -0.436 e. The number of nitrogens with zero attached hydrogens (tertiary/aromatic N) is 2. The fourth-order valence-corrected chi connectivity index (χ4v) is 2.58. The first kappa shape index (κ1) is 17.0. The molecular weight excluding hydrogens is 333 g/mol. The summed E-state index contributed by atoms with van der Waals surface area (Å²) < 4.78 is 43.7. The molecule has 7 heteroatoms. The van der Waals surface area contributed by atoms with Crippen LogP contribution < -0.4 is 4.90 Å². The van der Waals surface area contributed by atoms with Crippen LogP contribution in [0.5, 0.6) is 0 Å². The summed E-state index contributed by atoms with van der Waals surface area (Å²) in [6.07, 6.45) is -4.94. The van der Waals surface area contributed by atoms with Gasteiger partial charge in [-0.2, -0.15) is 13.2 Å². The molecule has 3 rings (SSSR count). The maximum absolute atomic E-state index is 12.6. The predicted molar refractivity (Wildman–Crippen MR) is 88.4 cm³/mol. The number of aryl methyl sites for hydroxylation is 2. The zero-order valence-electron chi connectivity index (χ0n) is 13.8. The Kier molecular flexibility index (Phi) is 4.02. The molecule has 25 heavy (non-hydrogen) atoms. The van der Waals surface area contributed by atoms with Crippen molar-refractivity contribution in [2.45, 2.75) is 20.0 Å². The highest BCUT2D eigenvalue weighted by atomic mass is 19.4. The fraction of sp³-hybridized carbons (Fsp3) is 0.222. The van der Waals surface area contributed by atoms with Crippen molar-refractivity contribution in [1.82, 2.24) is 4.98 Å². The molecule has 0 fully saturated rings. The average molecular weight is 348 g/mol. The van der Waals surface area contributed by atoms with Crippen molar-refractivity contribution >= 4 is 22.7 Å². The van der Waals surface area contributed by atoms with Crippen molar-refractivity contribution < 1.29 is 22.4 Å². The lowest BCUT2D eigenvalue weighted by Crippen LogP contribution is -2.38. The number of fused-ring (bicyclic) bond motifs is 1. The first-order valence-corrected chi connectivity index (χ1v) is 7.50. The molecule has 0 unspecified atom stereocenters. The first-order valence-electron chi connectivity index (χ1n) is 7.50. The number of carbonyl (C=O) groups is 1. The Morgan fingerprint density at radius 2 is 1.88 bits per heavy atom. The molecule has 2 aromatic carbocycles. The number of oxazole rings is 1. The Morgan fingerprint density at radius 3 is 2.52 bits per heavy atom. The summed E-state index contributed by atoms with van der Waals surface area (Å²) in [5.41, 5.74) is 3.39. The molecule has 0 aliphatic rings. The van der Waals surface area contributed by atoms with Crippen molar-refractivity contribution in [1.29, 1.82) is 0 Å². The van der Waals surface area contributed by atoms with E-state index in [1.165, 1.54) is 12.1 Å². The summed E-state index contributed by atoms with van der Waals surface area (Å²) in [5.74, 6) is -1.56. The van der Waals surface area contributed by atoms with Crippen LogP contribution in [0.15, 0.2) is 40.8 Å². The molecule has 0 saturated carbocycles. The lowest BCUT2D eigenvalue weighted by Gasteiger charge is -2.19. The quantitative estimate of drug-likeness (QED) is 0.678. The number of alkyl halides is 3. The molecule has 3 aromatic rings. The van der Waals surface area contributed by atoms with E-state index in [9.17, 15) is 18.0 Å². The van der Waals surface area contributed by atoms with Gasteiger partial charge in [0.25, 0.3) is 0 Å². The van der Waals surface area contributed by atoms with Crippen LogP contribution in [0.25, 0.3) is 22.6 Å². The second-order valence-corrected chi connectivity index (χ2v) is 5.86. The zero-order valence-corrected chi connectivity index (χ0v) is 13.8. The smallest absolute Gasteiger partial charge is 0.436 e. The number of amides is 1. The molecule has 0 spiro atoms. The third kappa shape index (κ3) is 3.22. The SMILES string of the molecule is Cc1cccc(-c2nc3cc(N(C)C(=O)C(F)(F)F)cc(C)c3o2)c1. The zero-order chi connectivity index (χ0) is 18.4. The summed E-state index contributed by atoms with van der Waals surface area (Å²) in [4.78, 5) is 16.4. The molecule has 130 valence electrons. The van der Waals surface area contributed by atoms with Gasteiger partial charge in [0.1, 0.15) is 5.52 Å². The highest BCUT2D eigenvalue weighted by molar-refractivity contribution is 5.98. The van der Waals surface area contributed by atoms with Crippen LogP contribution >= 0.6 is 0 Å². The summed E-state index contributed by atoms with van der Waals surface area (Å²) >= 11 is 0. The normalized spacial score (nSPS) is 11.8. The van der Waals surface area contributed by atoms with Gasteiger partial charge in [0.05, 0.1) is 0 Å². The second-order valence-electron chi connectivity index (χ2n) is 5.86. The topological polar surface area (TPSA) is 46.3 Å². The van der Waals surface area contributed by atoms with Crippen molar-refractivity contribution in [2.24, 2.45) is 0 Å². The number of carbonyl (C=O) groups excluding carboxylic acids is 1. The average Bonchev–Trinajstić information content (AvgIpc) is 2.97. The van der Waals surface area contributed by atoms with E-state index in [1.807, 2.05) is 31.2 Å². The van der Waals surface area contributed by atoms with E-state index in [0.717, 1.165) is 18.2 Å². The van der Waals surface area contributed by atoms with E-state index >= 15 is 0 Å². The van der Waals surface area contributed by atoms with Gasteiger partial charge in [-0.1, -0.05) is 17.7 Å². The molecule has 0 radical (unpaired) electrons. The van der Waals surface area contributed by atoms with Gasteiger partial charge in [0, 0.05) is 18.3 Å². The van der Waals surface area contributed by atoms with E-state index in [0.29, 0.717) is 27.5 Å². The molecular formula is C18H15F3N2O2. The van der Waals surface area contributed by atoms with E-state index in [4.69, 9.17) is 4.42 Å². The van der Waals surface area contributed by atoms with Crippen LogP contribution in [-0.4, -0.2) is 24.1 Å². The molecule has 1 amide bonds. The molecule has 0 atom stereocenters. The Morgan fingerprint density at radius 1 is 1.16 bits per heavy atom. The summed E-state index contributed by atoms with van der Waals surface area (Å²) in [7, 11) is 1.08. The number of halogens is 3. The van der Waals surface area contributed by atoms with Crippen molar-refractivity contribution in [3.63, 3.8) is 0 Å². The highest BCUT2D eigenvalue weighted by Gasteiger charge is 2.41. The molecule has 0 saturated heterocycles. The van der Waals surface area contributed by atoms with Gasteiger partial charge in [-0.25, -0.2) is 4.98 Å². The van der Waals surface area contributed by atoms with Gasteiger partial charge < -0.3 is 9.32 Å². The Bertz CT molecular complexity index is 961. The van der Waals surface area contributed by atoms with E-state index in [-0.39, 0.29) is 5.69 Å². The fourth-order valence-electron chi connectivity index (χ4n) is 2.58. The second kappa shape index (κ2) is 5.91. The number of benzene rings is 2. The summed E-state index contributed by atoms with van der Waals surface area (Å²) in [6, 6.07) is 10.4. The van der Waals surface area contributed by atoms with Gasteiger partial charge in [-0.05, 0) is 43.7 Å². The standard InChI is InChI=1S/C18H15F3N2O2/c1-10-5-4-6-12(7-10)16-22-14-9-13(8-11(2)15(14)25-16)23(3)17(24)18(19,20)21/h4-9H,1-3H3. The summed E-state index contributed by atoms with van der Waals surface area (Å²) in [5, 5.41) is 0. The molecule has 4 nitrogen and oxygen atoms in total. The molecule has 0 aliphatic heterocycles. The summed E-state index contributed by atoms with van der Waals surface area (Å²) in [6.45, 7) is 3.64. The van der Waals surface area contributed by atoms with Crippen LogP contribution in [-0.2, 0) is 4.79 Å². The molecule has 0 bridgehead atoms. The van der Waals surface area contributed by atoms with Gasteiger partial charge >= 0.3 is 12.1 Å². The molecule has 0 aliphatic carbocycles. The largest absolute Gasteiger partial charge is 0.471 e. The van der Waals surface area contributed by atoms with Crippen LogP contribution in [0.4, 0.5) is 18.9 Å². The third-order valence-corrected chi connectivity index (χ3v) is 3.86. The molecule has 1 aromatic heterocycles. The Hall–Kier alpha value is -2.83. The van der Waals surface area contributed by atoms with Crippen molar-refractivity contribution in [3.05, 3.63) is 47.5 Å². The Labute approximate surface area is 141 Å². The minimum atomic E-state index is -4.94. The minimum absolute atomic E-state index is 0.108. The van der Waals surface area contributed by atoms with Crippen molar-refractivity contribution in [3.8, 4) is 11.5 Å². The van der Waals surface area contributed by atoms with E-state index in [2.05, 4.69) is 4.98 Å². The van der Waals surface area contributed by atoms with Gasteiger partial charge in [0.15, 0.2) is 5.58 Å². The maximum atomic E-state index is 12.6. The number of hydrogen-bond acceptors (Lipinski definition) is 3. The van der Waals surface area contributed by atoms with Gasteiger partial charge in [0.2, 0.25) is 5.89 Å². The van der Waals surface area contributed by atoms with Crippen LogP contribution in [0.1, 0.15) is 11.1 Å². The maximum Gasteiger partial charge on any atom is 0.471 e. The predicted octanol–water partition coefficient (Wildman–Crippen LogP) is 4.64. The van der Waals surface area contributed by atoms with Crippen LogP contribution in [0, 0.1) is 13.8 Å². The number of rotatable bonds is 2. The van der Waals surface area contributed by atoms with Gasteiger partial charge in [-0.3, -0.25) is 4.79 Å². The van der Waals surface area contributed by atoms with Crippen molar-refractivity contribution in [2.75, 3.05) is 11.9 Å². The number of aromatic nitrogens is 1. The third-order valence-electron chi connectivity index (χ3n) is 3.86. The monoisotopic (exact) mass is 348 g/mol. The number of anilines is 1. The van der Waals surface area contributed by atoms with E-state index in [1.54, 1.807) is 6.92 Å². The lowest BCUT2D eigenvalue weighted by atomic mass is 10.1. The van der Waals surface area contributed by atoms with Crippen LogP contribution in [0.3, 0.4) is 0 Å². The first-order chi connectivity index (χ1) is 11.7. The van der Waals surface area contributed by atoms with E-state index < -0.39 is 12.1 Å². The molecule has 1 heterocycles. The highest BCUT2D eigenvalue weighted by Crippen LogP contribution is 2.31. The van der Waals surface area contributed by atoms with Crippen LogP contribution in [0.2, 0.25) is 0 Å². The lowest BCUT2D eigenvalue weighted by molar-refractivity contribution is -0.170. The Balaban J connectivity index is 2.07. The molecule has 0 N–H and O–H groups in total. The number of hydrogen-bond donors (Lipinski definition) is 0.